The molecule has 3 aliphatic rings. The second-order valence-corrected chi connectivity index (χ2v) is 9.90. The maximum absolute atomic E-state index is 12.8. The fraction of sp³-hybridized carbons (Fsp3) is 0.476. The first-order chi connectivity index (χ1) is 14.4. The van der Waals surface area contributed by atoms with Crippen LogP contribution in [0.15, 0.2) is 41.3 Å². The van der Waals surface area contributed by atoms with Crippen molar-refractivity contribution in [2.24, 2.45) is 11.8 Å². The quantitative estimate of drug-likeness (QED) is 0.565. The van der Waals surface area contributed by atoms with E-state index in [0.717, 1.165) is 24.2 Å². The standard InChI is InChI=1S/C21H25N3O5S/c25-19(14-24-20(26)17-9-2-3-10-18(17)21(24)27)22-15-7-6-8-16(13-15)30(28,29)23-11-4-1-5-12-23/h2-3,6-8,13,17-18H,1,4-5,9-12,14H2,(H,22,25)/t17-,18-/m0/s1. The Labute approximate surface area is 176 Å². The van der Waals surface area contributed by atoms with Crippen molar-refractivity contribution in [2.75, 3.05) is 25.0 Å². The van der Waals surface area contributed by atoms with Crippen LogP contribution in [-0.2, 0) is 24.4 Å². The van der Waals surface area contributed by atoms with Crippen LogP contribution in [0.25, 0.3) is 0 Å². The smallest absolute Gasteiger partial charge is 0.244 e. The number of fused-ring (bicyclic) bond motifs is 1. The van der Waals surface area contributed by atoms with E-state index >= 15 is 0 Å². The number of imide groups is 1. The highest BCUT2D eigenvalue weighted by molar-refractivity contribution is 7.89. The average molecular weight is 432 g/mol. The van der Waals surface area contributed by atoms with Crippen LogP contribution in [0.2, 0.25) is 0 Å². The number of hydrogen-bond acceptors (Lipinski definition) is 5. The first-order valence-corrected chi connectivity index (χ1v) is 11.7. The van der Waals surface area contributed by atoms with Crippen LogP contribution in [0.4, 0.5) is 5.69 Å². The number of benzene rings is 1. The molecule has 0 radical (unpaired) electrons. The number of carbonyl (C=O) groups excluding carboxylic acids is 3. The fourth-order valence-corrected chi connectivity index (χ4v) is 5.92. The van der Waals surface area contributed by atoms with Crippen molar-refractivity contribution in [1.82, 2.24) is 9.21 Å². The van der Waals surface area contributed by atoms with Gasteiger partial charge in [0.1, 0.15) is 6.54 Å². The van der Waals surface area contributed by atoms with Crippen molar-refractivity contribution in [3.8, 4) is 0 Å². The van der Waals surface area contributed by atoms with E-state index in [9.17, 15) is 22.8 Å². The number of rotatable bonds is 5. The third-order valence-electron chi connectivity index (χ3n) is 5.97. The molecule has 0 bridgehead atoms. The number of anilines is 1. The van der Waals surface area contributed by atoms with Crippen molar-refractivity contribution in [3.63, 3.8) is 0 Å². The molecule has 2 saturated heterocycles. The fourth-order valence-electron chi connectivity index (χ4n) is 4.36. The Morgan fingerprint density at radius 1 is 1.00 bits per heavy atom. The molecule has 9 heteroatoms. The lowest BCUT2D eigenvalue weighted by atomic mass is 9.85. The number of piperidine rings is 1. The van der Waals surface area contributed by atoms with Gasteiger partial charge in [0.25, 0.3) is 0 Å². The van der Waals surface area contributed by atoms with Gasteiger partial charge < -0.3 is 5.32 Å². The summed E-state index contributed by atoms with van der Waals surface area (Å²) in [7, 11) is -3.62. The molecule has 2 atom stereocenters. The summed E-state index contributed by atoms with van der Waals surface area (Å²) < 4.78 is 27.2. The van der Waals surface area contributed by atoms with Gasteiger partial charge in [0.05, 0.1) is 16.7 Å². The van der Waals surface area contributed by atoms with Crippen molar-refractivity contribution in [3.05, 3.63) is 36.4 Å². The van der Waals surface area contributed by atoms with Gasteiger partial charge in [-0.15, -0.1) is 0 Å². The van der Waals surface area contributed by atoms with Gasteiger partial charge in [-0.05, 0) is 43.9 Å². The lowest BCUT2D eigenvalue weighted by molar-refractivity contribution is -0.142. The topological polar surface area (TPSA) is 104 Å². The summed E-state index contributed by atoms with van der Waals surface area (Å²) in [6.07, 6.45) is 7.52. The number of likely N-dealkylation sites (tertiary alicyclic amines) is 1. The van der Waals surface area contributed by atoms with Gasteiger partial charge >= 0.3 is 0 Å². The molecule has 1 N–H and O–H groups in total. The van der Waals surface area contributed by atoms with Crippen LogP contribution >= 0.6 is 0 Å². The minimum atomic E-state index is -3.62. The van der Waals surface area contributed by atoms with Gasteiger partial charge in [-0.1, -0.05) is 24.6 Å². The van der Waals surface area contributed by atoms with Crippen molar-refractivity contribution in [2.45, 2.75) is 37.0 Å². The van der Waals surface area contributed by atoms with Gasteiger partial charge in [-0.2, -0.15) is 4.31 Å². The molecule has 160 valence electrons. The van der Waals surface area contributed by atoms with Crippen LogP contribution in [0.5, 0.6) is 0 Å². The molecular formula is C21H25N3O5S. The van der Waals surface area contributed by atoms with Crippen molar-refractivity contribution in [1.29, 1.82) is 0 Å². The minimum absolute atomic E-state index is 0.118. The SMILES string of the molecule is O=C(CN1C(=O)[C@H]2CC=CC[C@@H]2C1=O)Nc1cccc(S(=O)(=O)N2CCCCC2)c1. The van der Waals surface area contributed by atoms with Gasteiger partial charge in [0.15, 0.2) is 0 Å². The Balaban J connectivity index is 1.43. The maximum Gasteiger partial charge on any atom is 0.244 e. The Bertz CT molecular complexity index is 972. The summed E-state index contributed by atoms with van der Waals surface area (Å²) in [5.41, 5.74) is 0.316. The molecule has 0 unspecified atom stereocenters. The lowest BCUT2D eigenvalue weighted by Gasteiger charge is -2.26. The van der Waals surface area contributed by atoms with Crippen LogP contribution < -0.4 is 5.32 Å². The van der Waals surface area contributed by atoms with E-state index in [2.05, 4.69) is 5.32 Å². The van der Waals surface area contributed by atoms with Crippen molar-refractivity contribution < 1.29 is 22.8 Å². The molecule has 1 aromatic carbocycles. The van der Waals surface area contributed by atoms with Gasteiger partial charge in [-0.25, -0.2) is 8.42 Å². The van der Waals surface area contributed by atoms with Gasteiger partial charge in [0, 0.05) is 18.8 Å². The lowest BCUT2D eigenvalue weighted by Crippen LogP contribution is -2.38. The molecule has 2 fully saturated rings. The largest absolute Gasteiger partial charge is 0.324 e. The summed E-state index contributed by atoms with van der Waals surface area (Å²) in [5, 5.41) is 2.62. The summed E-state index contributed by atoms with van der Waals surface area (Å²) in [6.45, 7) is 0.623. The van der Waals surface area contributed by atoms with Crippen LogP contribution in [0, 0.1) is 11.8 Å². The molecule has 8 nitrogen and oxygen atoms in total. The highest BCUT2D eigenvalue weighted by atomic mass is 32.2. The van der Waals surface area contributed by atoms with E-state index in [1.807, 2.05) is 12.2 Å². The first kappa shape index (κ1) is 20.7. The Hall–Kier alpha value is -2.52. The van der Waals surface area contributed by atoms with E-state index in [-0.39, 0.29) is 35.1 Å². The second kappa shape index (κ2) is 8.31. The number of carbonyl (C=O) groups is 3. The predicted molar refractivity (Wildman–Crippen MR) is 110 cm³/mol. The normalized spacial score (nSPS) is 24.7. The second-order valence-electron chi connectivity index (χ2n) is 7.96. The van der Waals surface area contributed by atoms with E-state index < -0.39 is 15.9 Å². The Morgan fingerprint density at radius 3 is 2.27 bits per heavy atom. The molecule has 2 aliphatic heterocycles. The molecule has 0 saturated carbocycles. The highest BCUT2D eigenvalue weighted by Crippen LogP contribution is 2.34. The third kappa shape index (κ3) is 3.91. The van der Waals surface area contributed by atoms with Crippen molar-refractivity contribution >= 4 is 33.4 Å². The number of hydrogen-bond donors (Lipinski definition) is 1. The molecule has 2 heterocycles. The van der Waals surface area contributed by atoms with E-state index in [1.165, 1.54) is 16.4 Å². The third-order valence-corrected chi connectivity index (χ3v) is 7.87. The molecular weight excluding hydrogens is 406 g/mol. The zero-order chi connectivity index (χ0) is 21.3. The zero-order valence-electron chi connectivity index (χ0n) is 16.6. The summed E-state index contributed by atoms with van der Waals surface area (Å²) >= 11 is 0. The maximum atomic E-state index is 12.8. The van der Waals surface area contributed by atoms with E-state index in [0.29, 0.717) is 31.6 Å². The first-order valence-electron chi connectivity index (χ1n) is 10.3. The molecule has 1 aliphatic carbocycles. The molecule has 1 aromatic rings. The monoisotopic (exact) mass is 431 g/mol. The van der Waals surface area contributed by atoms with E-state index in [4.69, 9.17) is 0 Å². The molecule has 4 rings (SSSR count). The highest BCUT2D eigenvalue weighted by Gasteiger charge is 2.47. The number of nitrogens with zero attached hydrogens (tertiary/aromatic N) is 2. The Kier molecular flexibility index (Phi) is 5.75. The predicted octanol–water partition coefficient (Wildman–Crippen LogP) is 1.75. The van der Waals surface area contributed by atoms with Crippen LogP contribution in [-0.4, -0.2) is 55.0 Å². The Morgan fingerprint density at radius 2 is 1.63 bits per heavy atom. The number of amides is 3. The number of nitrogens with one attached hydrogen (secondary N) is 1. The summed E-state index contributed by atoms with van der Waals surface area (Å²) in [4.78, 5) is 38.6. The van der Waals surface area contributed by atoms with Gasteiger partial charge in [0.2, 0.25) is 27.7 Å². The molecule has 0 aromatic heterocycles. The number of sulfonamides is 1. The number of allylic oxidation sites excluding steroid dienone is 2. The zero-order valence-corrected chi connectivity index (χ0v) is 17.4. The average Bonchev–Trinajstić information content (AvgIpc) is 2.99. The molecule has 3 amide bonds. The molecule has 0 spiro atoms. The van der Waals surface area contributed by atoms with Crippen LogP contribution in [0.3, 0.4) is 0 Å². The van der Waals surface area contributed by atoms with E-state index in [1.54, 1.807) is 12.1 Å². The molecule has 30 heavy (non-hydrogen) atoms. The van der Waals surface area contributed by atoms with Crippen LogP contribution in [0.1, 0.15) is 32.1 Å². The van der Waals surface area contributed by atoms with Gasteiger partial charge in [-0.3, -0.25) is 19.3 Å². The summed E-state index contributed by atoms with van der Waals surface area (Å²) in [6, 6.07) is 6.08. The minimum Gasteiger partial charge on any atom is -0.324 e. The summed E-state index contributed by atoms with van der Waals surface area (Å²) in [5.74, 6) is -1.92.